The Morgan fingerprint density at radius 2 is 1.72 bits per heavy atom. The van der Waals surface area contributed by atoms with Crippen LogP contribution in [0.3, 0.4) is 0 Å². The number of fused-ring (bicyclic) bond motifs is 2. The van der Waals surface area contributed by atoms with E-state index in [4.69, 9.17) is 15.7 Å². The molecule has 1 saturated heterocycles. The first kappa shape index (κ1) is 27.9. The lowest BCUT2D eigenvalue weighted by Crippen LogP contribution is -2.55. The second kappa shape index (κ2) is 11.7. The Kier molecular flexibility index (Phi) is 7.56. The number of aliphatic hydroxyl groups is 1. The predicted octanol–water partition coefficient (Wildman–Crippen LogP) is 4.37. The average molecular weight is 577 g/mol. The van der Waals surface area contributed by atoms with Crippen molar-refractivity contribution >= 4 is 22.2 Å². The molecule has 9 heteroatoms. The minimum atomic E-state index is -0.478. The van der Waals surface area contributed by atoms with Crippen LogP contribution in [0.2, 0.25) is 0 Å². The molecule has 3 aromatic heterocycles. The normalized spacial score (nSPS) is 20.6. The summed E-state index contributed by atoms with van der Waals surface area (Å²) in [5.41, 5.74) is 12.2. The Hall–Kier alpha value is -3.89. The summed E-state index contributed by atoms with van der Waals surface area (Å²) in [5, 5.41) is 14.6. The average Bonchev–Trinajstić information content (AvgIpc) is 3.37. The molecule has 222 valence electrons. The number of nitrogen functional groups attached to an aromatic ring is 1. The monoisotopic (exact) mass is 576 g/mol. The molecule has 4 heterocycles. The smallest absolute Gasteiger partial charge is 0.150 e. The van der Waals surface area contributed by atoms with Gasteiger partial charge in [0, 0.05) is 79.6 Å². The zero-order valence-corrected chi connectivity index (χ0v) is 24.9. The number of aliphatic hydroxyl groups excluding tert-OH is 1. The first-order valence-electron chi connectivity index (χ1n) is 15.4. The van der Waals surface area contributed by atoms with Crippen molar-refractivity contribution in [3.8, 4) is 22.5 Å². The minimum Gasteiger partial charge on any atom is -0.382 e. The molecule has 0 radical (unpaired) electrons. The van der Waals surface area contributed by atoms with Gasteiger partial charge in [-0.2, -0.15) is 0 Å². The number of rotatable bonds is 8. The third-order valence-corrected chi connectivity index (χ3v) is 9.00. The zero-order valence-electron chi connectivity index (χ0n) is 24.9. The van der Waals surface area contributed by atoms with Gasteiger partial charge in [0.2, 0.25) is 0 Å². The Morgan fingerprint density at radius 1 is 0.953 bits per heavy atom. The molecule has 0 bridgehead atoms. The first-order chi connectivity index (χ1) is 20.9. The van der Waals surface area contributed by atoms with E-state index in [9.17, 15) is 5.11 Å². The van der Waals surface area contributed by atoms with Gasteiger partial charge in [0.05, 0.1) is 11.2 Å². The van der Waals surface area contributed by atoms with Crippen LogP contribution in [0.4, 0.5) is 5.82 Å². The van der Waals surface area contributed by atoms with Crippen molar-refractivity contribution in [3.63, 3.8) is 0 Å². The summed E-state index contributed by atoms with van der Waals surface area (Å²) < 4.78 is 2.15. The Balaban J connectivity index is 1.10. The summed E-state index contributed by atoms with van der Waals surface area (Å²) in [6.45, 7) is 8.83. The molecule has 2 aromatic carbocycles. The quantitative estimate of drug-likeness (QED) is 0.234. The van der Waals surface area contributed by atoms with Gasteiger partial charge in [-0.1, -0.05) is 48.5 Å². The molecule has 1 aliphatic carbocycles. The van der Waals surface area contributed by atoms with Gasteiger partial charge in [0.1, 0.15) is 29.1 Å². The van der Waals surface area contributed by atoms with E-state index in [0.29, 0.717) is 24.3 Å². The summed E-state index contributed by atoms with van der Waals surface area (Å²) in [5.74, 6) is 1.91. The molecule has 0 spiro atoms. The Labute approximate surface area is 252 Å². The number of pyridine rings is 1. The number of nitrogens with two attached hydrogens (primary N) is 1. The molecule has 1 atom stereocenters. The Morgan fingerprint density at radius 3 is 2.49 bits per heavy atom. The molecule has 4 N–H and O–H groups in total. The zero-order chi connectivity index (χ0) is 29.5. The van der Waals surface area contributed by atoms with Crippen molar-refractivity contribution < 1.29 is 5.11 Å². The number of anilines is 1. The Bertz CT molecular complexity index is 1720. The van der Waals surface area contributed by atoms with Gasteiger partial charge in [0.15, 0.2) is 0 Å². The number of nitrogens with one attached hydrogen (secondary N) is 1. The van der Waals surface area contributed by atoms with Crippen LogP contribution in [0, 0.1) is 0 Å². The van der Waals surface area contributed by atoms with Crippen LogP contribution in [0.1, 0.15) is 38.4 Å². The number of β-amino-alcohol motifs (C(OH)–C–C–N with tert-alkyl or cyclic N) is 1. The maximum atomic E-state index is 10.3. The second-order valence-corrected chi connectivity index (χ2v) is 12.3. The number of aromatic nitrogens is 4. The van der Waals surface area contributed by atoms with E-state index >= 15 is 0 Å². The van der Waals surface area contributed by atoms with Crippen LogP contribution in [-0.4, -0.2) is 85.3 Å². The molecule has 1 unspecified atom stereocenters. The largest absolute Gasteiger partial charge is 0.382 e. The molecule has 43 heavy (non-hydrogen) atoms. The molecule has 0 amide bonds. The van der Waals surface area contributed by atoms with E-state index < -0.39 is 6.23 Å². The highest BCUT2D eigenvalue weighted by Crippen LogP contribution is 2.42. The van der Waals surface area contributed by atoms with E-state index in [-0.39, 0.29) is 6.04 Å². The highest BCUT2D eigenvalue weighted by molar-refractivity contribution is 5.91. The predicted molar refractivity (Wildman–Crippen MR) is 172 cm³/mol. The first-order valence-corrected chi connectivity index (χ1v) is 15.4. The van der Waals surface area contributed by atoms with Gasteiger partial charge in [-0.15, -0.1) is 0 Å². The SMILES string of the molecule is CC(C)NC(O)CN1CCN(C2CC(c3nc(-c4ccc5ccc(-c6ccccc6)nc5c4)c4c(N)nccn34)C2)CC1. The van der Waals surface area contributed by atoms with Crippen LogP contribution >= 0.6 is 0 Å². The van der Waals surface area contributed by atoms with E-state index in [1.54, 1.807) is 6.20 Å². The summed E-state index contributed by atoms with van der Waals surface area (Å²) in [4.78, 5) is 19.6. The van der Waals surface area contributed by atoms with Crippen LogP contribution in [0.5, 0.6) is 0 Å². The van der Waals surface area contributed by atoms with Crippen molar-refractivity contribution in [3.05, 3.63) is 78.9 Å². The summed E-state index contributed by atoms with van der Waals surface area (Å²) in [6.07, 6.45) is 5.44. The number of piperazine rings is 1. The van der Waals surface area contributed by atoms with Gasteiger partial charge in [-0.05, 0) is 38.8 Å². The number of benzene rings is 2. The van der Waals surface area contributed by atoms with Crippen LogP contribution < -0.4 is 11.1 Å². The molecular formula is C34H40N8O. The van der Waals surface area contributed by atoms with E-state index in [0.717, 1.165) is 83.8 Å². The molecule has 7 rings (SSSR count). The number of nitrogens with zero attached hydrogens (tertiary/aromatic N) is 6. The molecule has 2 aliphatic rings. The third kappa shape index (κ3) is 5.61. The molecule has 1 saturated carbocycles. The topological polar surface area (TPSA) is 108 Å². The summed E-state index contributed by atoms with van der Waals surface area (Å²) >= 11 is 0. The number of hydrogen-bond acceptors (Lipinski definition) is 8. The van der Waals surface area contributed by atoms with Crippen LogP contribution in [-0.2, 0) is 0 Å². The summed E-state index contributed by atoms with van der Waals surface area (Å²) in [7, 11) is 0. The van der Waals surface area contributed by atoms with Crippen molar-refractivity contribution in [2.75, 3.05) is 38.5 Å². The third-order valence-electron chi connectivity index (χ3n) is 9.00. The van der Waals surface area contributed by atoms with Crippen molar-refractivity contribution in [1.82, 2.24) is 34.5 Å². The van der Waals surface area contributed by atoms with E-state index in [2.05, 4.69) is 80.8 Å². The highest BCUT2D eigenvalue weighted by atomic mass is 16.3. The lowest BCUT2D eigenvalue weighted by Gasteiger charge is -2.46. The number of hydrogen-bond donors (Lipinski definition) is 3. The van der Waals surface area contributed by atoms with Gasteiger partial charge in [-0.3, -0.25) is 19.5 Å². The standard InChI is InChI=1S/C34H40N8O/c1-22(2)37-30(43)21-40-14-16-41(17-15-40)27-18-26(19-27)34-39-31(32-33(35)36-12-13-42(32)34)25-9-8-24-10-11-28(38-29(24)20-25)23-6-4-3-5-7-23/h3-13,20,22,26-27,30,37,43H,14-19,21H2,1-2H3,(H2,35,36). The minimum absolute atomic E-state index is 0.277. The lowest BCUT2D eigenvalue weighted by atomic mass is 9.78. The maximum Gasteiger partial charge on any atom is 0.150 e. The van der Waals surface area contributed by atoms with E-state index in [1.807, 2.05) is 24.4 Å². The van der Waals surface area contributed by atoms with Gasteiger partial charge in [0.25, 0.3) is 0 Å². The second-order valence-electron chi connectivity index (χ2n) is 12.3. The van der Waals surface area contributed by atoms with Crippen molar-refractivity contribution in [2.24, 2.45) is 0 Å². The molecule has 9 nitrogen and oxygen atoms in total. The highest BCUT2D eigenvalue weighted by Gasteiger charge is 2.38. The molecule has 1 aliphatic heterocycles. The van der Waals surface area contributed by atoms with Crippen LogP contribution in [0.25, 0.3) is 38.9 Å². The fourth-order valence-corrected chi connectivity index (χ4v) is 6.70. The van der Waals surface area contributed by atoms with Crippen molar-refractivity contribution in [1.29, 1.82) is 0 Å². The van der Waals surface area contributed by atoms with Crippen molar-refractivity contribution in [2.45, 2.75) is 50.9 Å². The molecule has 5 aromatic rings. The maximum absolute atomic E-state index is 10.3. The molecular weight excluding hydrogens is 536 g/mol. The summed E-state index contributed by atoms with van der Waals surface area (Å²) in [6, 6.07) is 21.6. The van der Waals surface area contributed by atoms with Gasteiger partial charge >= 0.3 is 0 Å². The lowest BCUT2D eigenvalue weighted by molar-refractivity contribution is 0.0203. The fourth-order valence-electron chi connectivity index (χ4n) is 6.70. The van der Waals surface area contributed by atoms with Gasteiger partial charge < -0.3 is 10.8 Å². The molecule has 2 fully saturated rings. The van der Waals surface area contributed by atoms with Gasteiger partial charge in [-0.25, -0.2) is 15.0 Å². The van der Waals surface area contributed by atoms with E-state index in [1.165, 1.54) is 0 Å². The fraction of sp³-hybridized carbons (Fsp3) is 0.382. The van der Waals surface area contributed by atoms with Crippen LogP contribution in [0.15, 0.2) is 73.1 Å². The number of imidazole rings is 1.